The summed E-state index contributed by atoms with van der Waals surface area (Å²) < 4.78 is 6.76. The molecule has 1 rings (SSSR count). The van der Waals surface area contributed by atoms with Gasteiger partial charge < -0.3 is 15.8 Å². The van der Waals surface area contributed by atoms with Crippen LogP contribution in [0.4, 0.5) is 0 Å². The van der Waals surface area contributed by atoms with Gasteiger partial charge in [0.1, 0.15) is 5.75 Å². The van der Waals surface area contributed by atoms with Gasteiger partial charge in [-0.05, 0) is 38.1 Å². The molecule has 3 N–H and O–H groups in total. The van der Waals surface area contributed by atoms with Gasteiger partial charge >= 0.3 is 0 Å². The lowest BCUT2D eigenvalue weighted by Crippen LogP contribution is -2.26. The lowest BCUT2D eigenvalue weighted by Gasteiger charge is -2.19. The molecule has 0 bridgehead atoms. The van der Waals surface area contributed by atoms with Crippen molar-refractivity contribution >= 4 is 21.8 Å². The lowest BCUT2D eigenvalue weighted by molar-refractivity contribution is -0.122. The highest BCUT2D eigenvalue weighted by Gasteiger charge is 2.14. The van der Waals surface area contributed by atoms with E-state index in [2.05, 4.69) is 35.1 Å². The highest BCUT2D eigenvalue weighted by molar-refractivity contribution is 9.10. The van der Waals surface area contributed by atoms with Crippen molar-refractivity contribution in [2.75, 3.05) is 13.2 Å². The highest BCUT2D eigenvalue weighted by atomic mass is 79.9. The summed E-state index contributed by atoms with van der Waals surface area (Å²) >= 11 is 3.48. The average molecular weight is 343 g/mol. The predicted octanol–water partition coefficient (Wildman–Crippen LogP) is 3.01. The van der Waals surface area contributed by atoms with Gasteiger partial charge in [0.05, 0.1) is 12.5 Å². The third kappa shape index (κ3) is 5.13. The Labute approximate surface area is 129 Å². The minimum Gasteiger partial charge on any atom is -0.492 e. The minimum atomic E-state index is -0.346. The number of benzene rings is 1. The molecule has 0 heterocycles. The van der Waals surface area contributed by atoms with Crippen LogP contribution in [0.15, 0.2) is 22.7 Å². The largest absolute Gasteiger partial charge is 0.492 e. The maximum Gasteiger partial charge on any atom is 0.223 e. The van der Waals surface area contributed by atoms with Crippen molar-refractivity contribution in [3.05, 3.63) is 28.2 Å². The van der Waals surface area contributed by atoms with Gasteiger partial charge in [0.2, 0.25) is 5.91 Å². The Balaban J connectivity index is 2.81. The Morgan fingerprint density at radius 1 is 1.45 bits per heavy atom. The van der Waals surface area contributed by atoms with E-state index < -0.39 is 0 Å². The van der Waals surface area contributed by atoms with Gasteiger partial charge in [0, 0.05) is 16.1 Å². The zero-order chi connectivity index (χ0) is 15.1. The van der Waals surface area contributed by atoms with Gasteiger partial charge in [0.15, 0.2) is 0 Å². The lowest BCUT2D eigenvalue weighted by atomic mass is 10.1. The van der Waals surface area contributed by atoms with Crippen LogP contribution in [0.2, 0.25) is 0 Å². The molecule has 0 radical (unpaired) electrons. The van der Waals surface area contributed by atoms with Crippen molar-refractivity contribution < 1.29 is 9.53 Å². The fraction of sp³-hybridized carbons (Fsp3) is 0.533. The Kier molecular flexibility index (Phi) is 7.02. The molecule has 2 atom stereocenters. The summed E-state index contributed by atoms with van der Waals surface area (Å²) in [6.07, 6.45) is 1.08. The minimum absolute atomic E-state index is 0.186. The highest BCUT2D eigenvalue weighted by Crippen LogP contribution is 2.29. The van der Waals surface area contributed by atoms with Gasteiger partial charge in [-0.2, -0.15) is 0 Å². The number of hydrogen-bond donors (Lipinski definition) is 2. The van der Waals surface area contributed by atoms with Crippen molar-refractivity contribution in [2.45, 2.75) is 33.2 Å². The molecule has 2 unspecified atom stereocenters. The fourth-order valence-corrected chi connectivity index (χ4v) is 2.14. The zero-order valence-corrected chi connectivity index (χ0v) is 13.9. The molecule has 0 aromatic heterocycles. The van der Waals surface area contributed by atoms with Crippen molar-refractivity contribution in [2.24, 2.45) is 11.7 Å². The number of carbonyl (C=O) groups excluding carboxylic acids is 1. The maximum absolute atomic E-state index is 11.1. The molecule has 112 valence electrons. The molecule has 5 heteroatoms. The molecular formula is C15H23BrN2O2. The van der Waals surface area contributed by atoms with Crippen LogP contribution in [0.1, 0.15) is 38.8 Å². The Morgan fingerprint density at radius 2 is 2.15 bits per heavy atom. The number of amides is 1. The van der Waals surface area contributed by atoms with Gasteiger partial charge in [-0.15, -0.1) is 0 Å². The van der Waals surface area contributed by atoms with Crippen LogP contribution < -0.4 is 15.8 Å². The molecule has 0 saturated heterocycles. The first-order chi connectivity index (χ1) is 9.45. The molecule has 0 saturated carbocycles. The van der Waals surface area contributed by atoms with Crippen molar-refractivity contribution in [1.82, 2.24) is 5.32 Å². The van der Waals surface area contributed by atoms with Crippen LogP contribution in [0.3, 0.4) is 0 Å². The topological polar surface area (TPSA) is 64.3 Å². The summed E-state index contributed by atoms with van der Waals surface area (Å²) in [6.45, 7) is 7.24. The molecule has 4 nitrogen and oxygen atoms in total. The second-order valence-electron chi connectivity index (χ2n) is 4.97. The summed E-state index contributed by atoms with van der Waals surface area (Å²) in [7, 11) is 0. The number of rotatable bonds is 8. The monoisotopic (exact) mass is 342 g/mol. The summed E-state index contributed by atoms with van der Waals surface area (Å²) in [4.78, 5) is 11.1. The summed E-state index contributed by atoms with van der Waals surface area (Å²) in [5.74, 6) is 0.142. The van der Waals surface area contributed by atoms with E-state index in [0.29, 0.717) is 6.61 Å². The second kappa shape index (κ2) is 8.27. The van der Waals surface area contributed by atoms with Crippen LogP contribution >= 0.6 is 15.9 Å². The molecule has 20 heavy (non-hydrogen) atoms. The van der Waals surface area contributed by atoms with E-state index in [0.717, 1.165) is 28.8 Å². The standard InChI is InChI=1S/C15H23BrN2O2/c1-4-7-18-11(3)13-8-12(16)5-6-14(13)20-9-10(2)15(17)19/h5-6,8,10-11,18H,4,7,9H2,1-3H3,(H2,17,19). The quantitative estimate of drug-likeness (QED) is 0.763. The molecule has 1 aromatic rings. The first kappa shape index (κ1) is 17.0. The summed E-state index contributed by atoms with van der Waals surface area (Å²) in [5.41, 5.74) is 6.32. The van der Waals surface area contributed by atoms with Gasteiger partial charge in [-0.1, -0.05) is 29.8 Å². The van der Waals surface area contributed by atoms with E-state index in [9.17, 15) is 4.79 Å². The normalized spacial score (nSPS) is 13.8. The molecule has 0 spiro atoms. The number of hydrogen-bond acceptors (Lipinski definition) is 3. The Bertz CT molecular complexity index is 451. The zero-order valence-electron chi connectivity index (χ0n) is 12.3. The number of nitrogens with one attached hydrogen (secondary N) is 1. The predicted molar refractivity (Wildman–Crippen MR) is 84.7 cm³/mol. The third-order valence-electron chi connectivity index (χ3n) is 3.11. The van der Waals surface area contributed by atoms with Gasteiger partial charge in [0.25, 0.3) is 0 Å². The molecule has 1 aromatic carbocycles. The SMILES string of the molecule is CCCNC(C)c1cc(Br)ccc1OCC(C)C(N)=O. The van der Waals surface area contributed by atoms with Crippen LogP contribution in [0, 0.1) is 5.92 Å². The van der Waals surface area contributed by atoms with Gasteiger partial charge in [-0.3, -0.25) is 4.79 Å². The van der Waals surface area contributed by atoms with E-state index in [1.165, 1.54) is 0 Å². The molecule has 0 fully saturated rings. The fourth-order valence-electron chi connectivity index (χ4n) is 1.76. The second-order valence-corrected chi connectivity index (χ2v) is 5.89. The van der Waals surface area contributed by atoms with E-state index in [4.69, 9.17) is 10.5 Å². The van der Waals surface area contributed by atoms with E-state index in [1.807, 2.05) is 18.2 Å². The van der Waals surface area contributed by atoms with E-state index in [1.54, 1.807) is 6.92 Å². The number of ether oxygens (including phenoxy) is 1. The van der Waals surface area contributed by atoms with Crippen LogP contribution in [-0.2, 0) is 4.79 Å². The molecule has 1 amide bonds. The molecule has 0 aliphatic rings. The first-order valence-corrected chi connectivity index (χ1v) is 7.70. The van der Waals surface area contributed by atoms with E-state index >= 15 is 0 Å². The van der Waals surface area contributed by atoms with Crippen LogP contribution in [0.25, 0.3) is 0 Å². The first-order valence-electron chi connectivity index (χ1n) is 6.90. The van der Waals surface area contributed by atoms with Crippen molar-refractivity contribution in [1.29, 1.82) is 0 Å². The van der Waals surface area contributed by atoms with Gasteiger partial charge in [-0.25, -0.2) is 0 Å². The Hall–Kier alpha value is -1.07. The van der Waals surface area contributed by atoms with Crippen molar-refractivity contribution in [3.8, 4) is 5.75 Å². The average Bonchev–Trinajstić information content (AvgIpc) is 2.42. The number of nitrogens with two attached hydrogens (primary N) is 1. The number of halogens is 1. The molecule has 0 aliphatic heterocycles. The van der Waals surface area contributed by atoms with E-state index in [-0.39, 0.29) is 17.9 Å². The Morgan fingerprint density at radius 3 is 2.75 bits per heavy atom. The van der Waals surface area contributed by atoms with Crippen LogP contribution in [-0.4, -0.2) is 19.1 Å². The van der Waals surface area contributed by atoms with Crippen molar-refractivity contribution in [3.63, 3.8) is 0 Å². The number of carbonyl (C=O) groups is 1. The summed E-state index contributed by atoms with van der Waals surface area (Å²) in [5, 5.41) is 3.43. The third-order valence-corrected chi connectivity index (χ3v) is 3.61. The summed E-state index contributed by atoms with van der Waals surface area (Å²) in [6, 6.07) is 6.07. The maximum atomic E-state index is 11.1. The smallest absolute Gasteiger partial charge is 0.223 e. The molecule has 0 aliphatic carbocycles. The van der Waals surface area contributed by atoms with Crippen LogP contribution in [0.5, 0.6) is 5.75 Å². The molecular weight excluding hydrogens is 320 g/mol. The number of primary amides is 1.